The SMILES string of the molecule is C/C=C\CCC/C=C/C1(c2ccccc2)c2ccccc2-c2ccc(N(c3ccc(-c4cccc5c(/C=C\CC)c(C)sc45)cc3)c3ccc(-c4cccc5c4sc4ccccc45)cc3)cc21.CC.CC.CC. The molecule has 0 bridgehead atoms. The summed E-state index contributed by atoms with van der Waals surface area (Å²) < 4.78 is 4.00. The zero-order valence-corrected chi connectivity index (χ0v) is 46.0. The summed E-state index contributed by atoms with van der Waals surface area (Å²) in [6.45, 7) is 18.6. The van der Waals surface area contributed by atoms with Crippen LogP contribution in [0.1, 0.15) is 108 Å². The number of unbranched alkanes of at least 4 members (excludes halogenated alkanes) is 2. The van der Waals surface area contributed by atoms with Crippen LogP contribution in [-0.2, 0) is 5.41 Å². The van der Waals surface area contributed by atoms with Gasteiger partial charge >= 0.3 is 0 Å². The summed E-state index contributed by atoms with van der Waals surface area (Å²) in [5.41, 5.74) is 15.8. The lowest BCUT2D eigenvalue weighted by Gasteiger charge is -2.32. The van der Waals surface area contributed by atoms with Crippen LogP contribution in [0.4, 0.5) is 17.1 Å². The number of hydrogen-bond acceptors (Lipinski definition) is 3. The van der Waals surface area contributed by atoms with Gasteiger partial charge in [-0.1, -0.05) is 224 Å². The van der Waals surface area contributed by atoms with E-state index in [1.165, 1.54) is 90.8 Å². The van der Waals surface area contributed by atoms with Crippen LogP contribution in [0.25, 0.3) is 69.7 Å². The van der Waals surface area contributed by atoms with Gasteiger partial charge < -0.3 is 4.90 Å². The van der Waals surface area contributed by atoms with Crippen molar-refractivity contribution in [2.24, 2.45) is 0 Å². The molecule has 0 amide bonds. The molecule has 0 saturated carbocycles. The molecule has 1 aliphatic rings. The Morgan fingerprint density at radius 2 is 1.03 bits per heavy atom. The van der Waals surface area contributed by atoms with E-state index in [0.29, 0.717) is 0 Å². The first-order valence-electron chi connectivity index (χ1n) is 26.8. The maximum atomic E-state index is 2.51. The van der Waals surface area contributed by atoms with E-state index in [4.69, 9.17) is 0 Å². The molecule has 1 unspecified atom stereocenters. The molecule has 368 valence electrons. The number of nitrogens with zero attached hydrogens (tertiary/aromatic N) is 1. The molecule has 0 radical (unpaired) electrons. The van der Waals surface area contributed by atoms with Gasteiger partial charge in [-0.15, -0.1) is 22.7 Å². The lowest BCUT2D eigenvalue weighted by Crippen LogP contribution is -2.24. The van der Waals surface area contributed by atoms with E-state index < -0.39 is 5.41 Å². The average Bonchev–Trinajstić information content (AvgIpc) is 4.10. The first-order valence-corrected chi connectivity index (χ1v) is 28.4. The molecule has 73 heavy (non-hydrogen) atoms. The van der Waals surface area contributed by atoms with E-state index in [0.717, 1.165) is 42.7 Å². The predicted molar refractivity (Wildman–Crippen MR) is 328 cm³/mol. The van der Waals surface area contributed by atoms with Gasteiger partial charge in [-0.05, 0) is 138 Å². The van der Waals surface area contributed by atoms with Crippen molar-refractivity contribution < 1.29 is 0 Å². The number of allylic oxidation sites excluding steroid dienone is 5. The second kappa shape index (κ2) is 24.6. The Hall–Kier alpha value is -7.04. The molecule has 0 saturated heterocycles. The molecule has 1 atom stereocenters. The maximum absolute atomic E-state index is 2.51. The molecule has 10 aromatic rings. The summed E-state index contributed by atoms with van der Waals surface area (Å²) in [5.74, 6) is 0. The number of benzene rings is 8. The third-order valence-electron chi connectivity index (χ3n) is 13.6. The van der Waals surface area contributed by atoms with Crippen molar-refractivity contribution in [3.63, 3.8) is 0 Å². The van der Waals surface area contributed by atoms with Crippen molar-refractivity contribution in [1.82, 2.24) is 0 Å². The summed E-state index contributed by atoms with van der Waals surface area (Å²) in [5, 5.41) is 3.97. The number of aryl methyl sites for hydroxylation is 1. The molecule has 2 heterocycles. The van der Waals surface area contributed by atoms with Crippen LogP contribution in [0.5, 0.6) is 0 Å². The summed E-state index contributed by atoms with van der Waals surface area (Å²) in [6, 6.07) is 68.2. The Labute approximate surface area is 444 Å². The van der Waals surface area contributed by atoms with Gasteiger partial charge in [-0.3, -0.25) is 0 Å². The topological polar surface area (TPSA) is 3.24 Å². The zero-order chi connectivity index (χ0) is 51.3. The lowest BCUT2D eigenvalue weighted by atomic mass is 9.72. The molecule has 2 aromatic heterocycles. The van der Waals surface area contributed by atoms with Crippen LogP contribution in [0.15, 0.2) is 212 Å². The monoisotopic (exact) mass is 990 g/mol. The fourth-order valence-corrected chi connectivity index (χ4v) is 12.9. The average molecular weight is 990 g/mol. The Bertz CT molecular complexity index is 3490. The van der Waals surface area contributed by atoms with Crippen molar-refractivity contribution in [3.8, 4) is 33.4 Å². The molecule has 3 heteroatoms. The molecule has 8 aromatic carbocycles. The van der Waals surface area contributed by atoms with Gasteiger partial charge in [0.1, 0.15) is 0 Å². The molecule has 0 spiro atoms. The van der Waals surface area contributed by atoms with E-state index in [-0.39, 0.29) is 0 Å². The molecule has 11 rings (SSSR count). The van der Waals surface area contributed by atoms with Gasteiger partial charge in [-0.25, -0.2) is 0 Å². The highest BCUT2D eigenvalue weighted by molar-refractivity contribution is 7.26. The standard InChI is InChI=1S/C64H53NS2.3C2H6/c1-4-6-8-9-10-18-42-64(47-21-12-11-13-22-47)59-30-16-14-24-54(59)55-41-40-50(43-60(55)64)65(48-36-32-45(33-37-48)52-26-19-28-57-51(23-7-5-2)44(3)66-62(52)57)49-38-34-46(35-39-49)53-27-20-29-58-56-25-15-17-31-61(56)67-63(53)58;3*1-2/h4,6-7,11-43H,5,8-10H2,1-3H3;3*1-2H3/b6-4-,23-7-,42-18+;;;. The molecule has 1 aliphatic carbocycles. The fourth-order valence-electron chi connectivity index (χ4n) is 10.4. The quantitative estimate of drug-likeness (QED) is 0.0822. The van der Waals surface area contributed by atoms with Crippen molar-refractivity contribution in [2.75, 3.05) is 4.90 Å². The molecule has 0 fully saturated rings. The van der Waals surface area contributed by atoms with Gasteiger partial charge in [0, 0.05) is 52.2 Å². The van der Waals surface area contributed by atoms with Gasteiger partial charge in [-0.2, -0.15) is 0 Å². The number of fused-ring (bicyclic) bond motifs is 7. The van der Waals surface area contributed by atoms with Crippen LogP contribution in [0.3, 0.4) is 0 Å². The number of hydrogen-bond donors (Lipinski definition) is 0. The normalized spacial score (nSPS) is 13.7. The molecular formula is C70H71NS2. The Balaban J connectivity index is 0.00000114. The third-order valence-corrected chi connectivity index (χ3v) is 16.0. The Morgan fingerprint density at radius 3 is 1.70 bits per heavy atom. The van der Waals surface area contributed by atoms with E-state index in [1.54, 1.807) is 0 Å². The highest BCUT2D eigenvalue weighted by Gasteiger charge is 2.43. The zero-order valence-electron chi connectivity index (χ0n) is 44.4. The smallest absolute Gasteiger partial charge is 0.0644 e. The fraction of sp³-hybridized carbons (Fsp3) is 0.200. The first-order chi connectivity index (χ1) is 36.1. The second-order valence-electron chi connectivity index (χ2n) is 17.6. The van der Waals surface area contributed by atoms with E-state index in [1.807, 2.05) is 64.2 Å². The Morgan fingerprint density at radius 1 is 0.479 bits per heavy atom. The van der Waals surface area contributed by atoms with Crippen molar-refractivity contribution in [2.45, 2.75) is 93.4 Å². The first kappa shape index (κ1) is 52.3. The minimum absolute atomic E-state index is 0.450. The summed E-state index contributed by atoms with van der Waals surface area (Å²) >= 11 is 3.79. The van der Waals surface area contributed by atoms with Crippen LogP contribution < -0.4 is 4.90 Å². The van der Waals surface area contributed by atoms with Crippen LogP contribution in [0.2, 0.25) is 0 Å². The third kappa shape index (κ3) is 10.2. The number of anilines is 3. The lowest BCUT2D eigenvalue weighted by molar-refractivity contribution is 0.787. The molecule has 0 aliphatic heterocycles. The maximum Gasteiger partial charge on any atom is 0.0644 e. The summed E-state index contributed by atoms with van der Waals surface area (Å²) in [7, 11) is 0. The van der Waals surface area contributed by atoms with Crippen LogP contribution >= 0.6 is 22.7 Å². The highest BCUT2D eigenvalue weighted by atomic mass is 32.1. The van der Waals surface area contributed by atoms with Crippen LogP contribution in [0, 0.1) is 6.92 Å². The summed E-state index contributed by atoms with van der Waals surface area (Å²) in [6.07, 6.45) is 18.2. The largest absolute Gasteiger partial charge is 0.310 e. The number of rotatable bonds is 13. The van der Waals surface area contributed by atoms with E-state index in [2.05, 4.69) is 244 Å². The van der Waals surface area contributed by atoms with E-state index in [9.17, 15) is 0 Å². The van der Waals surface area contributed by atoms with Gasteiger partial charge in [0.05, 0.1) is 5.41 Å². The minimum Gasteiger partial charge on any atom is -0.310 e. The van der Waals surface area contributed by atoms with Crippen molar-refractivity contribution in [3.05, 3.63) is 240 Å². The van der Waals surface area contributed by atoms with Gasteiger partial charge in [0.2, 0.25) is 0 Å². The van der Waals surface area contributed by atoms with Gasteiger partial charge in [0.15, 0.2) is 0 Å². The minimum atomic E-state index is -0.450. The molecular weight excluding hydrogens is 919 g/mol. The van der Waals surface area contributed by atoms with Crippen molar-refractivity contribution >= 4 is 76.1 Å². The van der Waals surface area contributed by atoms with Crippen LogP contribution in [-0.4, -0.2) is 0 Å². The second-order valence-corrected chi connectivity index (χ2v) is 19.9. The highest BCUT2D eigenvalue weighted by Crippen LogP contribution is 2.55. The number of thiophene rings is 2. The molecule has 1 nitrogen and oxygen atoms in total. The van der Waals surface area contributed by atoms with Gasteiger partial charge in [0.25, 0.3) is 0 Å². The predicted octanol–water partition coefficient (Wildman–Crippen LogP) is 22.5. The van der Waals surface area contributed by atoms with Crippen molar-refractivity contribution in [1.29, 1.82) is 0 Å². The molecule has 0 N–H and O–H groups in total. The Kier molecular flexibility index (Phi) is 17.6. The van der Waals surface area contributed by atoms with E-state index >= 15 is 0 Å². The summed E-state index contributed by atoms with van der Waals surface area (Å²) in [4.78, 5) is 3.81.